The summed E-state index contributed by atoms with van der Waals surface area (Å²) in [5.74, 6) is 0.568. The summed E-state index contributed by atoms with van der Waals surface area (Å²) in [4.78, 5) is 11.0. The van der Waals surface area contributed by atoms with Crippen LogP contribution >= 0.6 is 0 Å². The molecule has 2 rings (SSSR count). The number of nitrogens with one attached hydrogen (secondary N) is 2. The molecule has 1 saturated heterocycles. The molecular weight excluding hydrogens is 178 g/mol. The van der Waals surface area contributed by atoms with Gasteiger partial charge in [-0.3, -0.25) is 9.89 Å². The Kier molecular flexibility index (Phi) is 2.63. The van der Waals surface area contributed by atoms with E-state index in [1.165, 1.54) is 0 Å². The molecule has 0 saturated carbocycles. The van der Waals surface area contributed by atoms with Crippen molar-refractivity contribution in [1.29, 1.82) is 0 Å². The van der Waals surface area contributed by atoms with E-state index in [1.807, 2.05) is 6.07 Å². The predicted octanol–water partition coefficient (Wildman–Crippen LogP) is 1.08. The number of carbonyl (C=O) groups excluding carboxylic acids is 1. The zero-order chi connectivity index (χ0) is 9.97. The Hall–Kier alpha value is -1.16. The van der Waals surface area contributed by atoms with Gasteiger partial charge in [-0.15, -0.1) is 0 Å². The van der Waals surface area contributed by atoms with Crippen LogP contribution in [-0.2, 0) is 0 Å². The second-order valence-corrected chi connectivity index (χ2v) is 3.79. The van der Waals surface area contributed by atoms with Crippen LogP contribution in [0.25, 0.3) is 0 Å². The smallest absolute Gasteiger partial charge is 0.179 e. The van der Waals surface area contributed by atoms with Crippen LogP contribution in [0, 0.1) is 0 Å². The third-order valence-electron chi connectivity index (χ3n) is 2.74. The number of ketones is 1. The van der Waals surface area contributed by atoms with Gasteiger partial charge in [-0.2, -0.15) is 5.10 Å². The van der Waals surface area contributed by atoms with Gasteiger partial charge in [0.15, 0.2) is 5.78 Å². The van der Waals surface area contributed by atoms with Gasteiger partial charge in [-0.1, -0.05) is 0 Å². The van der Waals surface area contributed by atoms with E-state index in [-0.39, 0.29) is 5.78 Å². The van der Waals surface area contributed by atoms with Crippen LogP contribution < -0.4 is 5.32 Å². The van der Waals surface area contributed by atoms with Crippen LogP contribution in [0.4, 0.5) is 0 Å². The largest absolute Gasteiger partial charge is 0.317 e. The van der Waals surface area contributed by atoms with Crippen LogP contribution in [0.1, 0.15) is 41.9 Å². The van der Waals surface area contributed by atoms with E-state index in [4.69, 9.17) is 0 Å². The van der Waals surface area contributed by atoms with Gasteiger partial charge >= 0.3 is 0 Å². The van der Waals surface area contributed by atoms with E-state index in [1.54, 1.807) is 6.92 Å². The average molecular weight is 193 g/mol. The lowest BCUT2D eigenvalue weighted by Gasteiger charge is -2.20. The molecule has 0 amide bonds. The summed E-state index contributed by atoms with van der Waals surface area (Å²) in [5.41, 5.74) is 1.66. The fourth-order valence-corrected chi connectivity index (χ4v) is 1.86. The highest BCUT2D eigenvalue weighted by molar-refractivity contribution is 5.92. The molecule has 0 spiro atoms. The number of piperidine rings is 1. The molecule has 0 radical (unpaired) electrons. The second-order valence-electron chi connectivity index (χ2n) is 3.79. The number of carbonyl (C=O) groups is 1. The number of H-pyrrole nitrogens is 1. The maximum atomic E-state index is 11.0. The Morgan fingerprint density at radius 1 is 1.50 bits per heavy atom. The molecule has 4 nitrogen and oxygen atoms in total. The first-order valence-corrected chi connectivity index (χ1v) is 5.04. The maximum Gasteiger partial charge on any atom is 0.179 e. The molecule has 0 aliphatic carbocycles. The quantitative estimate of drug-likeness (QED) is 0.691. The molecule has 0 aromatic carbocycles. The number of Topliss-reactive ketones (excluding diaryl/α,β-unsaturated/α-hetero) is 1. The Balaban J connectivity index is 2.11. The molecule has 1 aliphatic heterocycles. The van der Waals surface area contributed by atoms with Crippen LogP contribution in [0.2, 0.25) is 0 Å². The average Bonchev–Trinajstić information content (AvgIpc) is 2.68. The van der Waals surface area contributed by atoms with Crippen molar-refractivity contribution in [3.63, 3.8) is 0 Å². The van der Waals surface area contributed by atoms with E-state index >= 15 is 0 Å². The molecule has 0 bridgehead atoms. The zero-order valence-corrected chi connectivity index (χ0v) is 8.34. The summed E-state index contributed by atoms with van der Waals surface area (Å²) < 4.78 is 0. The summed E-state index contributed by atoms with van der Waals surface area (Å²) in [5, 5.41) is 10.3. The van der Waals surface area contributed by atoms with Gasteiger partial charge in [0, 0.05) is 18.5 Å². The van der Waals surface area contributed by atoms with E-state index in [9.17, 15) is 4.79 Å². The summed E-state index contributed by atoms with van der Waals surface area (Å²) in [6.07, 6.45) is 2.25. The lowest BCUT2D eigenvalue weighted by molar-refractivity contribution is 0.101. The Morgan fingerprint density at radius 3 is 2.79 bits per heavy atom. The Labute approximate surface area is 83.1 Å². The monoisotopic (exact) mass is 193 g/mol. The molecule has 76 valence electrons. The van der Waals surface area contributed by atoms with Crippen molar-refractivity contribution in [1.82, 2.24) is 15.5 Å². The topological polar surface area (TPSA) is 57.8 Å². The number of nitrogens with zero attached hydrogens (tertiary/aromatic N) is 1. The third-order valence-corrected chi connectivity index (χ3v) is 2.74. The summed E-state index contributed by atoms with van der Waals surface area (Å²) in [6, 6.07) is 1.89. The predicted molar refractivity (Wildman–Crippen MR) is 53.4 cm³/mol. The molecule has 14 heavy (non-hydrogen) atoms. The molecule has 0 unspecified atom stereocenters. The molecule has 2 heterocycles. The Morgan fingerprint density at radius 2 is 2.21 bits per heavy atom. The van der Waals surface area contributed by atoms with E-state index in [2.05, 4.69) is 15.5 Å². The normalized spacial score (nSPS) is 18.4. The van der Waals surface area contributed by atoms with E-state index in [0.717, 1.165) is 31.6 Å². The molecule has 1 aliphatic rings. The lowest BCUT2D eigenvalue weighted by atomic mass is 9.94. The molecule has 0 atom stereocenters. The van der Waals surface area contributed by atoms with Gasteiger partial charge in [-0.05, 0) is 32.0 Å². The first kappa shape index (κ1) is 9.40. The number of hydrogen-bond donors (Lipinski definition) is 2. The van der Waals surface area contributed by atoms with Crippen LogP contribution in [0.15, 0.2) is 6.07 Å². The molecule has 4 heteroatoms. The van der Waals surface area contributed by atoms with Crippen molar-refractivity contribution < 1.29 is 4.79 Å². The summed E-state index contributed by atoms with van der Waals surface area (Å²) in [6.45, 7) is 3.65. The van der Waals surface area contributed by atoms with Gasteiger partial charge in [0.1, 0.15) is 5.69 Å². The minimum atomic E-state index is 0.0291. The molecule has 2 N–H and O–H groups in total. The van der Waals surface area contributed by atoms with E-state index in [0.29, 0.717) is 11.6 Å². The molecule has 1 fully saturated rings. The van der Waals surface area contributed by atoms with Crippen molar-refractivity contribution in [2.24, 2.45) is 0 Å². The van der Waals surface area contributed by atoms with Gasteiger partial charge in [0.25, 0.3) is 0 Å². The molecule has 1 aromatic rings. The standard InChI is InChI=1S/C10H15N3O/c1-7(14)9-6-10(13-12-9)8-2-4-11-5-3-8/h6,8,11H,2-5H2,1H3,(H,12,13). The van der Waals surface area contributed by atoms with Crippen LogP contribution in [-0.4, -0.2) is 29.1 Å². The van der Waals surface area contributed by atoms with E-state index < -0.39 is 0 Å². The highest BCUT2D eigenvalue weighted by Gasteiger charge is 2.17. The fraction of sp³-hybridized carbons (Fsp3) is 0.600. The van der Waals surface area contributed by atoms with Crippen LogP contribution in [0.5, 0.6) is 0 Å². The number of aromatic amines is 1. The van der Waals surface area contributed by atoms with Crippen molar-refractivity contribution in [2.75, 3.05) is 13.1 Å². The first-order chi connectivity index (χ1) is 6.77. The highest BCUT2D eigenvalue weighted by atomic mass is 16.1. The SMILES string of the molecule is CC(=O)c1cc(C2CCNCC2)[nH]n1. The van der Waals surface area contributed by atoms with Crippen molar-refractivity contribution in [2.45, 2.75) is 25.7 Å². The first-order valence-electron chi connectivity index (χ1n) is 5.04. The zero-order valence-electron chi connectivity index (χ0n) is 8.34. The van der Waals surface area contributed by atoms with Crippen LogP contribution in [0.3, 0.4) is 0 Å². The maximum absolute atomic E-state index is 11.0. The minimum Gasteiger partial charge on any atom is -0.317 e. The number of aromatic nitrogens is 2. The summed E-state index contributed by atoms with van der Waals surface area (Å²) >= 11 is 0. The van der Waals surface area contributed by atoms with Gasteiger partial charge in [-0.25, -0.2) is 0 Å². The Bertz CT molecular complexity index is 326. The summed E-state index contributed by atoms with van der Waals surface area (Å²) in [7, 11) is 0. The van der Waals surface area contributed by atoms with Crippen molar-refractivity contribution >= 4 is 5.78 Å². The molecular formula is C10H15N3O. The van der Waals surface area contributed by atoms with Crippen molar-refractivity contribution in [3.8, 4) is 0 Å². The fourth-order valence-electron chi connectivity index (χ4n) is 1.86. The lowest BCUT2D eigenvalue weighted by Crippen LogP contribution is -2.26. The second kappa shape index (κ2) is 3.92. The number of rotatable bonds is 2. The third kappa shape index (κ3) is 1.85. The van der Waals surface area contributed by atoms with Gasteiger partial charge < -0.3 is 5.32 Å². The highest BCUT2D eigenvalue weighted by Crippen LogP contribution is 2.23. The van der Waals surface area contributed by atoms with Crippen molar-refractivity contribution in [3.05, 3.63) is 17.5 Å². The minimum absolute atomic E-state index is 0.0291. The molecule has 1 aromatic heterocycles. The van der Waals surface area contributed by atoms with Gasteiger partial charge in [0.2, 0.25) is 0 Å². The van der Waals surface area contributed by atoms with Gasteiger partial charge in [0.05, 0.1) is 0 Å². The number of hydrogen-bond acceptors (Lipinski definition) is 3.